The van der Waals surface area contributed by atoms with Crippen LogP contribution in [0.2, 0.25) is 0 Å². The molecule has 1 N–H and O–H groups in total. The van der Waals surface area contributed by atoms with Crippen molar-refractivity contribution in [1.82, 2.24) is 5.32 Å². The van der Waals surface area contributed by atoms with Crippen molar-refractivity contribution in [2.24, 2.45) is 53.3 Å². The van der Waals surface area contributed by atoms with Gasteiger partial charge in [0, 0.05) is 11.3 Å². The predicted octanol–water partition coefficient (Wildman–Crippen LogP) is 8.49. The van der Waals surface area contributed by atoms with E-state index in [0.29, 0.717) is 5.25 Å². The molecule has 2 heteroatoms. The van der Waals surface area contributed by atoms with Crippen LogP contribution in [0.1, 0.15) is 113 Å². The fourth-order valence-electron chi connectivity index (χ4n) is 7.14. The summed E-state index contributed by atoms with van der Waals surface area (Å²) in [6.45, 7) is 20.7. The molecule has 0 radical (unpaired) electrons. The lowest BCUT2D eigenvalue weighted by molar-refractivity contribution is 0.116. The van der Waals surface area contributed by atoms with Gasteiger partial charge in [-0.1, -0.05) is 81.1 Å². The number of nitrogens with one attached hydrogen (secondary N) is 1. The molecule has 2 rings (SSSR count). The summed E-state index contributed by atoms with van der Waals surface area (Å²) in [5.41, 5.74) is 0. The van der Waals surface area contributed by atoms with Crippen molar-refractivity contribution in [3.8, 4) is 0 Å². The molecular formula is C29H57NS. The molecule has 0 amide bonds. The van der Waals surface area contributed by atoms with Crippen molar-refractivity contribution < 1.29 is 0 Å². The third kappa shape index (κ3) is 8.24. The minimum Gasteiger partial charge on any atom is -0.313 e. The van der Waals surface area contributed by atoms with Crippen LogP contribution in [-0.4, -0.2) is 17.8 Å². The van der Waals surface area contributed by atoms with Crippen LogP contribution in [0.3, 0.4) is 0 Å². The van der Waals surface area contributed by atoms with Crippen molar-refractivity contribution in [3.05, 3.63) is 0 Å². The topological polar surface area (TPSA) is 12.0 Å². The zero-order valence-corrected chi connectivity index (χ0v) is 23.3. The lowest BCUT2D eigenvalue weighted by Gasteiger charge is -2.41. The normalized spacial score (nSPS) is 32.8. The number of fused-ring (bicyclic) bond motifs is 1. The van der Waals surface area contributed by atoms with Gasteiger partial charge in [-0.25, -0.2) is 0 Å². The average molecular weight is 452 g/mol. The fraction of sp³-hybridized carbons (Fsp3) is 1.00. The Balaban J connectivity index is 1.82. The standard InChI is InChI=1S/C29H57NS/c1-9-21(6)15-24-16-22(7)17-26-27(18-30-29(24)26)23(8)12-10-11-13-25(20(4)5)28(31)14-19(2)3/h19-31H,9-18H2,1-8H3. The van der Waals surface area contributed by atoms with E-state index in [2.05, 4.69) is 60.7 Å². The third-order valence-electron chi connectivity index (χ3n) is 9.13. The molecule has 0 aromatic carbocycles. The maximum Gasteiger partial charge on any atom is 0.0127 e. The highest BCUT2D eigenvalue weighted by Crippen LogP contribution is 2.46. The Bertz CT molecular complexity index is 489. The summed E-state index contributed by atoms with van der Waals surface area (Å²) in [7, 11) is 0. The number of thiol groups is 1. The minimum atomic E-state index is 0.573. The lowest BCUT2D eigenvalue weighted by atomic mass is 9.65. The second-order valence-corrected chi connectivity index (χ2v) is 13.4. The molecule has 0 aromatic rings. The molecule has 1 saturated heterocycles. The zero-order chi connectivity index (χ0) is 23.1. The number of rotatable bonds is 13. The molecule has 0 bridgehead atoms. The Hall–Kier alpha value is 0.310. The van der Waals surface area contributed by atoms with E-state index >= 15 is 0 Å². The van der Waals surface area contributed by atoms with Crippen LogP contribution in [0, 0.1) is 53.3 Å². The highest BCUT2D eigenvalue weighted by molar-refractivity contribution is 7.81. The first kappa shape index (κ1) is 27.6. The highest BCUT2D eigenvalue weighted by atomic mass is 32.1. The first-order valence-electron chi connectivity index (χ1n) is 14.0. The Labute approximate surface area is 202 Å². The summed E-state index contributed by atoms with van der Waals surface area (Å²) in [5.74, 6) is 7.73. The van der Waals surface area contributed by atoms with Crippen molar-refractivity contribution >= 4 is 12.6 Å². The van der Waals surface area contributed by atoms with Crippen LogP contribution < -0.4 is 5.32 Å². The Morgan fingerprint density at radius 2 is 1.65 bits per heavy atom. The molecule has 0 aromatic heterocycles. The maximum absolute atomic E-state index is 5.01. The third-order valence-corrected chi connectivity index (χ3v) is 9.73. The Morgan fingerprint density at radius 1 is 0.968 bits per heavy atom. The van der Waals surface area contributed by atoms with Crippen LogP contribution in [0.25, 0.3) is 0 Å². The van der Waals surface area contributed by atoms with Gasteiger partial charge in [-0.3, -0.25) is 0 Å². The van der Waals surface area contributed by atoms with E-state index in [0.717, 1.165) is 59.3 Å². The molecular weight excluding hydrogens is 394 g/mol. The summed E-state index contributed by atoms with van der Waals surface area (Å²) in [6.07, 6.45) is 12.6. The van der Waals surface area contributed by atoms with Crippen molar-refractivity contribution in [2.75, 3.05) is 6.54 Å². The number of hydrogen-bond acceptors (Lipinski definition) is 2. The largest absolute Gasteiger partial charge is 0.313 e. The van der Waals surface area contributed by atoms with Crippen LogP contribution >= 0.6 is 12.6 Å². The van der Waals surface area contributed by atoms with E-state index in [9.17, 15) is 0 Å². The van der Waals surface area contributed by atoms with Gasteiger partial charge in [0.15, 0.2) is 0 Å². The van der Waals surface area contributed by atoms with E-state index in [1.54, 1.807) is 0 Å². The quantitative estimate of drug-likeness (QED) is 0.211. The van der Waals surface area contributed by atoms with Crippen molar-refractivity contribution in [3.63, 3.8) is 0 Å². The van der Waals surface area contributed by atoms with Gasteiger partial charge in [0.25, 0.3) is 0 Å². The van der Waals surface area contributed by atoms with E-state index < -0.39 is 0 Å². The molecule has 1 aliphatic carbocycles. The zero-order valence-electron chi connectivity index (χ0n) is 22.4. The molecule has 1 aliphatic heterocycles. The molecule has 0 spiro atoms. The second kappa shape index (κ2) is 13.3. The molecule has 2 aliphatic rings. The second-order valence-electron chi connectivity index (χ2n) is 12.7. The smallest absolute Gasteiger partial charge is 0.0127 e. The molecule has 2 fully saturated rings. The lowest BCUT2D eigenvalue weighted by Crippen LogP contribution is -2.42. The summed E-state index contributed by atoms with van der Waals surface area (Å²) in [4.78, 5) is 0. The van der Waals surface area contributed by atoms with E-state index in [4.69, 9.17) is 12.6 Å². The SMILES string of the molecule is CCC(C)CC1CC(C)CC2C(C(C)CCCCC(C(C)C)C(S)CC(C)C)CNC12. The van der Waals surface area contributed by atoms with Gasteiger partial charge in [-0.2, -0.15) is 12.6 Å². The molecule has 1 saturated carbocycles. The van der Waals surface area contributed by atoms with Crippen molar-refractivity contribution in [2.45, 2.75) is 124 Å². The molecule has 184 valence electrons. The summed E-state index contributed by atoms with van der Waals surface area (Å²) >= 11 is 5.01. The van der Waals surface area contributed by atoms with Gasteiger partial charge >= 0.3 is 0 Å². The molecule has 31 heavy (non-hydrogen) atoms. The van der Waals surface area contributed by atoms with E-state index in [-0.39, 0.29) is 0 Å². The Morgan fingerprint density at radius 3 is 2.26 bits per heavy atom. The monoisotopic (exact) mass is 451 g/mol. The summed E-state index contributed by atoms with van der Waals surface area (Å²) < 4.78 is 0. The van der Waals surface area contributed by atoms with Gasteiger partial charge < -0.3 is 5.32 Å². The first-order chi connectivity index (χ1) is 14.6. The van der Waals surface area contributed by atoms with Crippen LogP contribution in [-0.2, 0) is 0 Å². The van der Waals surface area contributed by atoms with E-state index in [1.165, 1.54) is 64.3 Å². The summed E-state index contributed by atoms with van der Waals surface area (Å²) in [6, 6.07) is 0.809. The number of hydrogen-bond donors (Lipinski definition) is 2. The molecule has 9 unspecified atom stereocenters. The summed E-state index contributed by atoms with van der Waals surface area (Å²) in [5, 5.41) is 4.61. The highest BCUT2D eigenvalue weighted by Gasteiger charge is 2.45. The molecule has 1 heterocycles. The Kier molecular flexibility index (Phi) is 11.8. The average Bonchev–Trinajstić information content (AvgIpc) is 3.10. The maximum atomic E-state index is 5.01. The molecule has 9 atom stereocenters. The van der Waals surface area contributed by atoms with Crippen LogP contribution in [0.4, 0.5) is 0 Å². The van der Waals surface area contributed by atoms with Crippen LogP contribution in [0.15, 0.2) is 0 Å². The van der Waals surface area contributed by atoms with Gasteiger partial charge in [0.1, 0.15) is 0 Å². The minimum absolute atomic E-state index is 0.573. The van der Waals surface area contributed by atoms with Gasteiger partial charge in [0.2, 0.25) is 0 Å². The van der Waals surface area contributed by atoms with Gasteiger partial charge in [-0.05, 0) is 91.9 Å². The van der Waals surface area contributed by atoms with Crippen LogP contribution in [0.5, 0.6) is 0 Å². The van der Waals surface area contributed by atoms with Crippen molar-refractivity contribution in [1.29, 1.82) is 0 Å². The fourth-order valence-corrected chi connectivity index (χ4v) is 8.06. The number of unbranched alkanes of at least 4 members (excludes halogenated alkanes) is 1. The first-order valence-corrected chi connectivity index (χ1v) is 14.6. The van der Waals surface area contributed by atoms with Gasteiger partial charge in [-0.15, -0.1) is 0 Å². The molecule has 1 nitrogen and oxygen atoms in total. The predicted molar refractivity (Wildman–Crippen MR) is 143 cm³/mol. The van der Waals surface area contributed by atoms with E-state index in [1.807, 2.05) is 0 Å². The van der Waals surface area contributed by atoms with Gasteiger partial charge in [0.05, 0.1) is 0 Å².